The van der Waals surface area contributed by atoms with Crippen LogP contribution in [0.25, 0.3) is 0 Å². The Hall–Kier alpha value is -0.650. The lowest BCUT2D eigenvalue weighted by Gasteiger charge is -2.31. The van der Waals surface area contributed by atoms with Crippen LogP contribution in [0.15, 0.2) is 0 Å². The Kier molecular flexibility index (Phi) is 7.34. The first-order valence-corrected chi connectivity index (χ1v) is 5.96. The number of carbonyl (C=O) groups is 1. The predicted molar refractivity (Wildman–Crippen MR) is 70.1 cm³/mol. The second-order valence-electron chi connectivity index (χ2n) is 4.97. The highest BCUT2D eigenvalue weighted by atomic mass is 16.5. The van der Waals surface area contributed by atoms with E-state index in [1.54, 1.807) is 7.05 Å². The Morgan fingerprint density at radius 3 is 2.29 bits per heavy atom. The molecule has 17 heavy (non-hydrogen) atoms. The minimum Gasteiger partial charge on any atom is -0.468 e. The highest BCUT2D eigenvalue weighted by molar-refractivity contribution is 5.80. The number of hydrogen-bond acceptors (Lipinski definition) is 5. The van der Waals surface area contributed by atoms with Gasteiger partial charge in [0, 0.05) is 6.54 Å². The van der Waals surface area contributed by atoms with Crippen LogP contribution < -0.4 is 5.32 Å². The van der Waals surface area contributed by atoms with Crippen LogP contribution in [0.3, 0.4) is 0 Å². The van der Waals surface area contributed by atoms with Gasteiger partial charge < -0.3 is 19.9 Å². The number of ether oxygens (including phenoxy) is 1. The fourth-order valence-electron chi connectivity index (χ4n) is 1.75. The van der Waals surface area contributed by atoms with E-state index in [0.29, 0.717) is 6.54 Å². The zero-order valence-corrected chi connectivity index (χ0v) is 12.0. The van der Waals surface area contributed by atoms with Gasteiger partial charge in [0.15, 0.2) is 0 Å². The van der Waals surface area contributed by atoms with Gasteiger partial charge in [-0.1, -0.05) is 0 Å². The van der Waals surface area contributed by atoms with E-state index in [0.717, 1.165) is 19.5 Å². The summed E-state index contributed by atoms with van der Waals surface area (Å²) in [5, 5.41) is 3.03. The van der Waals surface area contributed by atoms with E-state index in [9.17, 15) is 4.79 Å². The molecular formula is C12H27N3O2. The number of esters is 1. The van der Waals surface area contributed by atoms with E-state index >= 15 is 0 Å². The van der Waals surface area contributed by atoms with Crippen molar-refractivity contribution in [1.29, 1.82) is 0 Å². The standard InChI is InChI=1S/C12H27N3O2/c1-12(13-2,11(16)17-6)10-15(5)9-7-8-14(3)4/h13H,7-10H2,1-6H3. The van der Waals surface area contributed by atoms with Crippen molar-refractivity contribution in [3.8, 4) is 0 Å². The van der Waals surface area contributed by atoms with Gasteiger partial charge in [0.2, 0.25) is 0 Å². The smallest absolute Gasteiger partial charge is 0.327 e. The average Bonchev–Trinajstić information content (AvgIpc) is 2.27. The summed E-state index contributed by atoms with van der Waals surface area (Å²) in [7, 11) is 9.35. The molecule has 0 bridgehead atoms. The summed E-state index contributed by atoms with van der Waals surface area (Å²) in [6.07, 6.45) is 1.09. The maximum Gasteiger partial charge on any atom is 0.327 e. The third kappa shape index (κ3) is 6.00. The number of rotatable bonds is 8. The van der Waals surface area contributed by atoms with Crippen molar-refractivity contribution in [2.45, 2.75) is 18.9 Å². The Bertz CT molecular complexity index is 234. The van der Waals surface area contributed by atoms with Gasteiger partial charge in [-0.2, -0.15) is 0 Å². The Morgan fingerprint density at radius 1 is 1.29 bits per heavy atom. The molecule has 0 aliphatic rings. The first kappa shape index (κ1) is 16.4. The molecule has 0 amide bonds. The van der Waals surface area contributed by atoms with E-state index in [-0.39, 0.29) is 5.97 Å². The van der Waals surface area contributed by atoms with Gasteiger partial charge in [-0.15, -0.1) is 0 Å². The van der Waals surface area contributed by atoms with Crippen LogP contribution >= 0.6 is 0 Å². The first-order chi connectivity index (χ1) is 7.85. The summed E-state index contributed by atoms with van der Waals surface area (Å²) in [6.45, 7) is 4.52. The molecule has 0 heterocycles. The number of nitrogens with zero attached hydrogens (tertiary/aromatic N) is 2. The summed E-state index contributed by atoms with van der Waals surface area (Å²) in [5.41, 5.74) is -0.637. The van der Waals surface area contributed by atoms with Crippen molar-refractivity contribution in [2.75, 3.05) is 54.9 Å². The van der Waals surface area contributed by atoms with Crippen molar-refractivity contribution in [3.05, 3.63) is 0 Å². The zero-order valence-electron chi connectivity index (χ0n) is 12.0. The molecule has 1 N–H and O–H groups in total. The van der Waals surface area contributed by atoms with Crippen molar-refractivity contribution >= 4 is 5.97 Å². The fraction of sp³-hybridized carbons (Fsp3) is 0.917. The molecule has 0 radical (unpaired) electrons. The van der Waals surface area contributed by atoms with Crippen LogP contribution in [-0.4, -0.2) is 76.2 Å². The SMILES string of the molecule is CNC(C)(CN(C)CCCN(C)C)C(=O)OC. The molecule has 0 spiro atoms. The van der Waals surface area contributed by atoms with Crippen molar-refractivity contribution in [1.82, 2.24) is 15.1 Å². The quantitative estimate of drug-likeness (QED) is 0.611. The van der Waals surface area contributed by atoms with E-state index in [1.807, 2.05) is 14.0 Å². The minimum atomic E-state index is -0.637. The molecule has 1 atom stereocenters. The Balaban J connectivity index is 4.14. The van der Waals surface area contributed by atoms with E-state index < -0.39 is 5.54 Å². The van der Waals surface area contributed by atoms with E-state index in [4.69, 9.17) is 4.74 Å². The molecular weight excluding hydrogens is 218 g/mol. The maximum absolute atomic E-state index is 11.7. The number of methoxy groups -OCH3 is 1. The Labute approximate surface area is 105 Å². The summed E-state index contributed by atoms with van der Waals surface area (Å²) in [4.78, 5) is 16.0. The molecule has 0 rings (SSSR count). The van der Waals surface area contributed by atoms with Crippen LogP contribution in [-0.2, 0) is 9.53 Å². The zero-order chi connectivity index (χ0) is 13.5. The van der Waals surface area contributed by atoms with Crippen LogP contribution in [0.5, 0.6) is 0 Å². The van der Waals surface area contributed by atoms with Crippen LogP contribution in [0.2, 0.25) is 0 Å². The molecule has 102 valence electrons. The molecule has 5 heteroatoms. The fourth-order valence-corrected chi connectivity index (χ4v) is 1.75. The topological polar surface area (TPSA) is 44.8 Å². The van der Waals surface area contributed by atoms with Gasteiger partial charge in [-0.3, -0.25) is 4.79 Å². The van der Waals surface area contributed by atoms with Crippen molar-refractivity contribution in [3.63, 3.8) is 0 Å². The Morgan fingerprint density at radius 2 is 1.88 bits per heavy atom. The monoisotopic (exact) mass is 245 g/mol. The van der Waals surface area contributed by atoms with Gasteiger partial charge >= 0.3 is 5.97 Å². The molecule has 0 fully saturated rings. The van der Waals surface area contributed by atoms with Gasteiger partial charge in [-0.25, -0.2) is 0 Å². The second-order valence-corrected chi connectivity index (χ2v) is 4.97. The summed E-state index contributed by atoms with van der Waals surface area (Å²) >= 11 is 0. The van der Waals surface area contributed by atoms with E-state index in [1.165, 1.54) is 7.11 Å². The summed E-state index contributed by atoms with van der Waals surface area (Å²) in [6, 6.07) is 0. The molecule has 0 aromatic heterocycles. The van der Waals surface area contributed by atoms with Gasteiger partial charge in [0.1, 0.15) is 5.54 Å². The molecule has 5 nitrogen and oxygen atoms in total. The van der Waals surface area contributed by atoms with Crippen molar-refractivity contribution in [2.24, 2.45) is 0 Å². The molecule has 0 aliphatic heterocycles. The minimum absolute atomic E-state index is 0.223. The molecule has 1 unspecified atom stereocenters. The molecule has 0 aliphatic carbocycles. The second kappa shape index (κ2) is 7.63. The molecule has 0 aromatic rings. The van der Waals surface area contributed by atoms with Gasteiger partial charge in [-0.05, 0) is 54.6 Å². The number of hydrogen-bond donors (Lipinski definition) is 1. The van der Waals surface area contributed by atoms with Crippen LogP contribution in [0.4, 0.5) is 0 Å². The van der Waals surface area contributed by atoms with Crippen LogP contribution in [0, 0.1) is 0 Å². The van der Waals surface area contributed by atoms with Gasteiger partial charge in [0.05, 0.1) is 7.11 Å². The predicted octanol–water partition coefficient (Wildman–Crippen LogP) is 0.0210. The largest absolute Gasteiger partial charge is 0.468 e. The molecule has 0 saturated carbocycles. The normalized spacial score (nSPS) is 15.1. The number of nitrogens with one attached hydrogen (secondary N) is 1. The number of likely N-dealkylation sites (N-methyl/N-ethyl adjacent to an activating group) is 2. The summed E-state index contributed by atoms with van der Waals surface area (Å²) < 4.78 is 4.81. The number of carbonyl (C=O) groups excluding carboxylic acids is 1. The lowest BCUT2D eigenvalue weighted by molar-refractivity contribution is -0.148. The first-order valence-electron chi connectivity index (χ1n) is 5.96. The maximum atomic E-state index is 11.7. The third-order valence-electron chi connectivity index (χ3n) is 2.92. The van der Waals surface area contributed by atoms with Crippen LogP contribution in [0.1, 0.15) is 13.3 Å². The average molecular weight is 245 g/mol. The highest BCUT2D eigenvalue weighted by Gasteiger charge is 2.33. The van der Waals surface area contributed by atoms with Crippen molar-refractivity contribution < 1.29 is 9.53 Å². The molecule has 0 aromatic carbocycles. The lowest BCUT2D eigenvalue weighted by atomic mass is 10.0. The highest BCUT2D eigenvalue weighted by Crippen LogP contribution is 2.08. The summed E-state index contributed by atoms with van der Waals surface area (Å²) in [5.74, 6) is -0.223. The van der Waals surface area contributed by atoms with Gasteiger partial charge in [0.25, 0.3) is 0 Å². The third-order valence-corrected chi connectivity index (χ3v) is 2.92. The van der Waals surface area contributed by atoms with E-state index in [2.05, 4.69) is 29.2 Å². The lowest BCUT2D eigenvalue weighted by Crippen LogP contribution is -2.55. The molecule has 0 saturated heterocycles.